The summed E-state index contributed by atoms with van der Waals surface area (Å²) in [6, 6.07) is 4.34. The number of halogens is 2. The number of hydrogen-bond donors (Lipinski definition) is 1. The van der Waals surface area contributed by atoms with Crippen molar-refractivity contribution in [3.05, 3.63) is 41.2 Å². The summed E-state index contributed by atoms with van der Waals surface area (Å²) in [6.45, 7) is -0.0672. The third-order valence-electron chi connectivity index (χ3n) is 1.66. The van der Waals surface area contributed by atoms with Crippen LogP contribution in [0.1, 0.15) is 11.1 Å². The highest BCUT2D eigenvalue weighted by Crippen LogP contribution is 2.13. The first kappa shape index (κ1) is 10.4. The van der Waals surface area contributed by atoms with Gasteiger partial charge < -0.3 is 5.11 Å². The highest BCUT2D eigenvalue weighted by Gasteiger charge is 1.99. The zero-order chi connectivity index (χ0) is 9.68. The number of aliphatic hydroxyl groups is 1. The molecule has 0 radical (unpaired) electrons. The fourth-order valence-electron chi connectivity index (χ4n) is 1.04. The van der Waals surface area contributed by atoms with Crippen LogP contribution in [-0.2, 0) is 6.61 Å². The van der Waals surface area contributed by atoms with Crippen LogP contribution < -0.4 is 0 Å². The summed E-state index contributed by atoms with van der Waals surface area (Å²) in [5.74, 6) is -0.286. The molecule has 0 unspecified atom stereocenters. The van der Waals surface area contributed by atoms with Gasteiger partial charge in [0.1, 0.15) is 5.82 Å². The van der Waals surface area contributed by atoms with Gasteiger partial charge in [-0.25, -0.2) is 4.39 Å². The van der Waals surface area contributed by atoms with Crippen LogP contribution in [0.3, 0.4) is 0 Å². The van der Waals surface area contributed by atoms with Gasteiger partial charge in [0.2, 0.25) is 0 Å². The smallest absolute Gasteiger partial charge is 0.123 e. The summed E-state index contributed by atoms with van der Waals surface area (Å²) in [6.07, 6.45) is 3.64. The highest BCUT2D eigenvalue weighted by molar-refractivity contribution is 9.09. The maximum absolute atomic E-state index is 12.8. The lowest BCUT2D eigenvalue weighted by Crippen LogP contribution is -1.89. The van der Waals surface area contributed by atoms with Gasteiger partial charge in [0, 0.05) is 5.33 Å². The highest BCUT2D eigenvalue weighted by atomic mass is 79.9. The van der Waals surface area contributed by atoms with E-state index < -0.39 is 0 Å². The molecule has 0 bridgehead atoms. The molecule has 0 saturated heterocycles. The molecule has 0 fully saturated rings. The van der Waals surface area contributed by atoms with E-state index in [0.29, 0.717) is 5.33 Å². The van der Waals surface area contributed by atoms with Crippen LogP contribution in [0.15, 0.2) is 24.3 Å². The third kappa shape index (κ3) is 2.94. The summed E-state index contributed by atoms with van der Waals surface area (Å²) in [7, 11) is 0. The number of rotatable bonds is 3. The van der Waals surface area contributed by atoms with Gasteiger partial charge in [-0.1, -0.05) is 34.1 Å². The van der Waals surface area contributed by atoms with Crippen molar-refractivity contribution >= 4 is 22.0 Å². The van der Waals surface area contributed by atoms with Crippen molar-refractivity contribution in [2.75, 3.05) is 5.33 Å². The van der Waals surface area contributed by atoms with Gasteiger partial charge in [0.25, 0.3) is 0 Å². The maximum atomic E-state index is 12.8. The predicted octanol–water partition coefficient (Wildman–Crippen LogP) is 2.73. The van der Waals surface area contributed by atoms with E-state index in [2.05, 4.69) is 15.9 Å². The molecule has 13 heavy (non-hydrogen) atoms. The predicted molar refractivity (Wildman–Crippen MR) is 55.2 cm³/mol. The molecule has 0 atom stereocenters. The number of aliphatic hydroxyl groups excluding tert-OH is 1. The van der Waals surface area contributed by atoms with E-state index in [-0.39, 0.29) is 12.4 Å². The van der Waals surface area contributed by atoms with Crippen LogP contribution in [0.4, 0.5) is 4.39 Å². The second kappa shape index (κ2) is 5.14. The van der Waals surface area contributed by atoms with E-state index in [1.54, 1.807) is 12.1 Å². The number of alkyl halides is 1. The lowest BCUT2D eigenvalue weighted by molar-refractivity contribution is 0.281. The van der Waals surface area contributed by atoms with Crippen molar-refractivity contribution in [3.8, 4) is 0 Å². The minimum absolute atomic E-state index is 0.0672. The minimum atomic E-state index is -0.286. The Kier molecular flexibility index (Phi) is 4.12. The first-order valence-corrected chi connectivity index (χ1v) is 5.02. The van der Waals surface area contributed by atoms with Crippen molar-refractivity contribution in [3.63, 3.8) is 0 Å². The first-order valence-electron chi connectivity index (χ1n) is 3.89. The summed E-state index contributed by atoms with van der Waals surface area (Å²) in [5, 5.41) is 9.66. The first-order chi connectivity index (χ1) is 6.27. The van der Waals surface area contributed by atoms with Crippen LogP contribution >= 0.6 is 15.9 Å². The number of allylic oxidation sites excluding steroid dienone is 1. The van der Waals surface area contributed by atoms with Crippen LogP contribution in [0.5, 0.6) is 0 Å². The molecule has 0 aliphatic heterocycles. The van der Waals surface area contributed by atoms with Gasteiger partial charge in [-0.3, -0.25) is 0 Å². The minimum Gasteiger partial charge on any atom is -0.392 e. The normalized spacial score (nSPS) is 11.0. The van der Waals surface area contributed by atoms with Crippen LogP contribution in [-0.4, -0.2) is 10.4 Å². The molecule has 1 aromatic carbocycles. The van der Waals surface area contributed by atoms with Crippen molar-refractivity contribution in [2.24, 2.45) is 0 Å². The van der Waals surface area contributed by atoms with E-state index in [0.717, 1.165) is 11.1 Å². The Morgan fingerprint density at radius 3 is 2.85 bits per heavy atom. The molecule has 0 saturated carbocycles. The van der Waals surface area contributed by atoms with Crippen molar-refractivity contribution in [1.29, 1.82) is 0 Å². The Balaban J connectivity index is 3.01. The molecule has 1 rings (SSSR count). The molecule has 70 valence electrons. The average molecular weight is 245 g/mol. The average Bonchev–Trinajstić information content (AvgIpc) is 2.15. The quantitative estimate of drug-likeness (QED) is 0.812. The maximum Gasteiger partial charge on any atom is 0.123 e. The molecule has 0 aliphatic rings. The second-order valence-electron chi connectivity index (χ2n) is 2.56. The molecule has 0 spiro atoms. The SMILES string of the molecule is OCc1ccc(F)cc1C=CCBr. The molecule has 1 nitrogen and oxygen atoms in total. The molecule has 0 amide bonds. The third-order valence-corrected chi connectivity index (χ3v) is 2.04. The largest absolute Gasteiger partial charge is 0.392 e. The molecule has 0 heterocycles. The van der Waals surface area contributed by atoms with Crippen molar-refractivity contribution in [1.82, 2.24) is 0 Å². The lowest BCUT2D eigenvalue weighted by Gasteiger charge is -2.01. The Hall–Kier alpha value is -0.670. The van der Waals surface area contributed by atoms with E-state index in [4.69, 9.17) is 5.11 Å². The Morgan fingerprint density at radius 1 is 1.46 bits per heavy atom. The van der Waals surface area contributed by atoms with Gasteiger partial charge in [-0.15, -0.1) is 0 Å². The van der Waals surface area contributed by atoms with Gasteiger partial charge in [-0.05, 0) is 23.3 Å². The molecule has 1 N–H and O–H groups in total. The van der Waals surface area contributed by atoms with Crippen LogP contribution in [0, 0.1) is 5.82 Å². The zero-order valence-electron chi connectivity index (χ0n) is 7.00. The van der Waals surface area contributed by atoms with Crippen molar-refractivity contribution < 1.29 is 9.50 Å². The summed E-state index contributed by atoms with van der Waals surface area (Å²) >= 11 is 3.23. The van der Waals surface area contributed by atoms with Gasteiger partial charge >= 0.3 is 0 Å². The Labute approximate surface area is 85.0 Å². The Bertz CT molecular complexity index is 310. The summed E-state index contributed by atoms with van der Waals surface area (Å²) in [5.41, 5.74) is 1.46. The summed E-state index contributed by atoms with van der Waals surface area (Å²) < 4.78 is 12.8. The topological polar surface area (TPSA) is 20.2 Å². The second-order valence-corrected chi connectivity index (χ2v) is 3.21. The van der Waals surface area contributed by atoms with Gasteiger partial charge in [0.05, 0.1) is 6.61 Å². The molecule has 3 heteroatoms. The van der Waals surface area contributed by atoms with Gasteiger partial charge in [-0.2, -0.15) is 0 Å². The molecule has 0 aromatic heterocycles. The number of hydrogen-bond acceptors (Lipinski definition) is 1. The molecule has 0 aliphatic carbocycles. The van der Waals surface area contributed by atoms with Crippen LogP contribution in [0.2, 0.25) is 0 Å². The molecular weight excluding hydrogens is 235 g/mol. The zero-order valence-corrected chi connectivity index (χ0v) is 8.59. The van der Waals surface area contributed by atoms with E-state index in [1.807, 2.05) is 6.08 Å². The van der Waals surface area contributed by atoms with E-state index in [1.165, 1.54) is 12.1 Å². The monoisotopic (exact) mass is 244 g/mol. The molecule has 1 aromatic rings. The standard InChI is InChI=1S/C10H10BrFO/c11-5-1-2-8-6-10(12)4-3-9(8)7-13/h1-4,6,13H,5,7H2. The van der Waals surface area contributed by atoms with Crippen molar-refractivity contribution in [2.45, 2.75) is 6.61 Å². The van der Waals surface area contributed by atoms with Crippen LogP contribution in [0.25, 0.3) is 6.08 Å². The number of benzene rings is 1. The van der Waals surface area contributed by atoms with Gasteiger partial charge in [0.15, 0.2) is 0 Å². The lowest BCUT2D eigenvalue weighted by atomic mass is 10.1. The molecular formula is C10H10BrFO. The fourth-order valence-corrected chi connectivity index (χ4v) is 1.22. The fraction of sp³-hybridized carbons (Fsp3) is 0.200. The van der Waals surface area contributed by atoms with E-state index in [9.17, 15) is 4.39 Å². The van der Waals surface area contributed by atoms with E-state index >= 15 is 0 Å². The Morgan fingerprint density at radius 2 is 2.23 bits per heavy atom. The summed E-state index contributed by atoms with van der Waals surface area (Å²) in [4.78, 5) is 0.